The van der Waals surface area contributed by atoms with Crippen LogP contribution < -0.4 is 4.90 Å². The van der Waals surface area contributed by atoms with Crippen molar-refractivity contribution >= 4 is 45.2 Å². The number of aryl methyl sites for hydroxylation is 2. The molecule has 36 heavy (non-hydrogen) atoms. The number of fused-ring (bicyclic) bond motifs is 3. The van der Waals surface area contributed by atoms with Gasteiger partial charge < -0.3 is 10.0 Å². The average molecular weight is 499 g/mol. The van der Waals surface area contributed by atoms with E-state index in [2.05, 4.69) is 16.1 Å². The summed E-state index contributed by atoms with van der Waals surface area (Å²) in [6.07, 6.45) is 3.85. The van der Waals surface area contributed by atoms with Gasteiger partial charge in [-0.25, -0.2) is 9.67 Å². The Balaban J connectivity index is 1.31. The van der Waals surface area contributed by atoms with Crippen LogP contribution in [-0.2, 0) is 11.8 Å². The standard InChI is InChI=1S/C27H23ClN6O2/c1-14-8-15(28)9-18-25(17-4-3-5-22-19(17)11-32(2)30-22)31-34(26(14)18)16-6-7-23(29-10-16)33-12-20-21(13-33)24(20)27(35)36/h3-11,20-21,24H,12-13H2,1-2H3,(H,35,36)/t20-,21+,24-. The van der Waals surface area contributed by atoms with Crippen molar-refractivity contribution in [3.63, 3.8) is 0 Å². The highest BCUT2D eigenvalue weighted by Gasteiger charge is 2.60. The molecule has 5 aromatic rings. The Morgan fingerprint density at radius 2 is 1.89 bits per heavy atom. The molecule has 180 valence electrons. The van der Waals surface area contributed by atoms with Crippen molar-refractivity contribution in [3.8, 4) is 16.9 Å². The van der Waals surface area contributed by atoms with E-state index >= 15 is 0 Å². The van der Waals surface area contributed by atoms with Crippen LogP contribution in [0.3, 0.4) is 0 Å². The maximum absolute atomic E-state index is 11.3. The van der Waals surface area contributed by atoms with Crippen LogP contribution in [0.1, 0.15) is 5.56 Å². The SMILES string of the molecule is Cc1cc(Cl)cc2c(-c3cccc4nn(C)cc34)nn(-c3ccc(N4C[C@@H]5[C@H](C4)[C@@H]5C(=O)O)nc3)c12. The lowest BCUT2D eigenvalue weighted by molar-refractivity contribution is -0.139. The Bertz CT molecular complexity index is 1680. The van der Waals surface area contributed by atoms with E-state index in [1.807, 2.05) is 72.1 Å². The van der Waals surface area contributed by atoms with Gasteiger partial charge in [0.15, 0.2) is 0 Å². The van der Waals surface area contributed by atoms with E-state index in [-0.39, 0.29) is 17.8 Å². The van der Waals surface area contributed by atoms with Gasteiger partial charge in [-0.1, -0.05) is 23.7 Å². The molecule has 2 aliphatic rings. The van der Waals surface area contributed by atoms with Crippen molar-refractivity contribution < 1.29 is 9.90 Å². The molecule has 1 N–H and O–H groups in total. The predicted octanol–water partition coefficient (Wildman–Crippen LogP) is 4.70. The van der Waals surface area contributed by atoms with Crippen molar-refractivity contribution in [2.75, 3.05) is 18.0 Å². The maximum Gasteiger partial charge on any atom is 0.307 e. The first-order valence-corrected chi connectivity index (χ1v) is 12.3. The topological polar surface area (TPSA) is 89.1 Å². The van der Waals surface area contributed by atoms with Crippen LogP contribution in [0.25, 0.3) is 38.8 Å². The second-order valence-electron chi connectivity index (χ2n) is 9.89. The van der Waals surface area contributed by atoms with Crippen LogP contribution in [0.4, 0.5) is 5.82 Å². The first-order chi connectivity index (χ1) is 17.4. The van der Waals surface area contributed by atoms with Crippen molar-refractivity contribution in [1.82, 2.24) is 24.5 Å². The Labute approximate surface area is 211 Å². The molecule has 0 spiro atoms. The molecule has 3 atom stereocenters. The molecule has 1 aliphatic heterocycles. The van der Waals surface area contributed by atoms with Gasteiger partial charge in [-0.3, -0.25) is 9.48 Å². The first-order valence-electron chi connectivity index (χ1n) is 11.9. The van der Waals surface area contributed by atoms with Gasteiger partial charge in [-0.15, -0.1) is 0 Å². The number of aromatic nitrogens is 5. The lowest BCUT2D eigenvalue weighted by Crippen LogP contribution is -2.26. The summed E-state index contributed by atoms with van der Waals surface area (Å²) in [5.74, 6) is 0.486. The van der Waals surface area contributed by atoms with Gasteiger partial charge in [-0.2, -0.15) is 10.2 Å². The highest BCUT2D eigenvalue weighted by Crippen LogP contribution is 2.52. The lowest BCUT2D eigenvalue weighted by Gasteiger charge is -2.20. The van der Waals surface area contributed by atoms with E-state index in [1.54, 1.807) is 0 Å². The molecule has 1 saturated heterocycles. The van der Waals surface area contributed by atoms with Gasteiger partial charge >= 0.3 is 5.97 Å². The van der Waals surface area contributed by atoms with Gasteiger partial charge in [0, 0.05) is 47.7 Å². The second-order valence-corrected chi connectivity index (χ2v) is 10.3. The van der Waals surface area contributed by atoms with Crippen LogP contribution in [0.15, 0.2) is 54.9 Å². The van der Waals surface area contributed by atoms with Crippen LogP contribution >= 0.6 is 11.6 Å². The fourth-order valence-electron chi connectivity index (χ4n) is 5.93. The minimum Gasteiger partial charge on any atom is -0.481 e. The summed E-state index contributed by atoms with van der Waals surface area (Å²) in [6, 6.07) is 14.0. The smallest absolute Gasteiger partial charge is 0.307 e. The Morgan fingerprint density at radius 3 is 2.61 bits per heavy atom. The normalized spacial score (nSPS) is 20.9. The van der Waals surface area contributed by atoms with E-state index in [0.717, 1.165) is 63.2 Å². The number of hydrogen-bond donors (Lipinski definition) is 1. The third-order valence-electron chi connectivity index (χ3n) is 7.63. The van der Waals surface area contributed by atoms with Crippen molar-refractivity contribution in [2.24, 2.45) is 24.8 Å². The van der Waals surface area contributed by atoms with Gasteiger partial charge in [0.2, 0.25) is 0 Å². The summed E-state index contributed by atoms with van der Waals surface area (Å²) in [5.41, 5.74) is 5.62. The van der Waals surface area contributed by atoms with Crippen LogP contribution in [0.2, 0.25) is 5.02 Å². The molecule has 3 aromatic heterocycles. The summed E-state index contributed by atoms with van der Waals surface area (Å²) in [4.78, 5) is 18.2. The van der Waals surface area contributed by atoms with Gasteiger partial charge in [0.1, 0.15) is 11.5 Å². The Morgan fingerprint density at radius 1 is 1.08 bits per heavy atom. The quantitative estimate of drug-likeness (QED) is 0.386. The third kappa shape index (κ3) is 3.14. The molecule has 8 nitrogen and oxygen atoms in total. The number of rotatable bonds is 4. The van der Waals surface area contributed by atoms with E-state index in [4.69, 9.17) is 21.7 Å². The first kappa shape index (κ1) is 21.4. The number of carbonyl (C=O) groups is 1. The molecular formula is C27H23ClN6O2. The molecule has 1 saturated carbocycles. The van der Waals surface area contributed by atoms with E-state index < -0.39 is 5.97 Å². The number of pyridine rings is 1. The monoisotopic (exact) mass is 498 g/mol. The zero-order valence-corrected chi connectivity index (χ0v) is 20.5. The van der Waals surface area contributed by atoms with Crippen LogP contribution in [0.5, 0.6) is 0 Å². The van der Waals surface area contributed by atoms with E-state index in [0.29, 0.717) is 5.02 Å². The zero-order chi connectivity index (χ0) is 24.7. The van der Waals surface area contributed by atoms with E-state index in [1.165, 1.54) is 0 Å². The van der Waals surface area contributed by atoms with Gasteiger partial charge in [0.25, 0.3) is 0 Å². The number of benzene rings is 2. The molecule has 4 heterocycles. The molecule has 2 fully saturated rings. The maximum atomic E-state index is 11.3. The fourth-order valence-corrected chi connectivity index (χ4v) is 6.20. The van der Waals surface area contributed by atoms with Gasteiger partial charge in [-0.05, 0) is 54.7 Å². The molecule has 0 radical (unpaired) electrons. The average Bonchev–Trinajstić information content (AvgIpc) is 3.18. The number of anilines is 1. The second kappa shape index (κ2) is 7.54. The number of hydrogen-bond acceptors (Lipinski definition) is 5. The number of aliphatic carboxylic acids is 1. The minimum atomic E-state index is -0.674. The summed E-state index contributed by atoms with van der Waals surface area (Å²) >= 11 is 6.49. The van der Waals surface area contributed by atoms with Crippen molar-refractivity contribution in [2.45, 2.75) is 6.92 Å². The Kier molecular flexibility index (Phi) is 4.48. The molecule has 1 aliphatic carbocycles. The lowest BCUT2D eigenvalue weighted by atomic mass is 10.0. The number of halogens is 1. The minimum absolute atomic E-state index is 0.187. The van der Waals surface area contributed by atoms with E-state index in [9.17, 15) is 9.90 Å². The summed E-state index contributed by atoms with van der Waals surface area (Å²) in [6.45, 7) is 3.53. The third-order valence-corrected chi connectivity index (χ3v) is 7.85. The van der Waals surface area contributed by atoms with Crippen LogP contribution in [0, 0.1) is 24.7 Å². The highest BCUT2D eigenvalue weighted by molar-refractivity contribution is 6.31. The van der Waals surface area contributed by atoms with Crippen molar-refractivity contribution in [1.29, 1.82) is 0 Å². The predicted molar refractivity (Wildman–Crippen MR) is 139 cm³/mol. The molecular weight excluding hydrogens is 476 g/mol. The van der Waals surface area contributed by atoms with Crippen LogP contribution in [-0.4, -0.2) is 48.7 Å². The molecule has 2 aromatic carbocycles. The number of nitrogens with zero attached hydrogens (tertiary/aromatic N) is 6. The molecule has 9 heteroatoms. The largest absolute Gasteiger partial charge is 0.481 e. The molecule has 0 bridgehead atoms. The number of carboxylic acid groups (broad SMARTS) is 1. The summed E-state index contributed by atoms with van der Waals surface area (Å²) in [7, 11) is 1.92. The highest BCUT2D eigenvalue weighted by atomic mass is 35.5. The summed E-state index contributed by atoms with van der Waals surface area (Å²) < 4.78 is 3.75. The number of carboxylic acids is 1. The summed E-state index contributed by atoms with van der Waals surface area (Å²) in [5, 5.41) is 21.6. The molecule has 7 rings (SSSR count). The van der Waals surface area contributed by atoms with Crippen molar-refractivity contribution in [3.05, 3.63) is 65.4 Å². The zero-order valence-electron chi connectivity index (χ0n) is 19.8. The Hall–Kier alpha value is -3.91. The molecule has 0 amide bonds. The molecule has 0 unspecified atom stereocenters. The number of piperidine rings is 1. The van der Waals surface area contributed by atoms with Gasteiger partial charge in [0.05, 0.1) is 28.8 Å². The fraction of sp³-hybridized carbons (Fsp3) is 0.259.